The molecule has 2 N–H and O–H groups in total. The van der Waals surface area contributed by atoms with Gasteiger partial charge in [-0.1, -0.05) is 31.5 Å². The molecule has 1 saturated heterocycles. The Kier molecular flexibility index (Phi) is 3.93. The third kappa shape index (κ3) is 2.52. The third-order valence-corrected chi connectivity index (χ3v) is 5.41. The Morgan fingerprint density at radius 1 is 1.28 bits per heavy atom. The molecule has 1 aromatic carbocycles. The number of aryl methyl sites for hydroxylation is 1. The van der Waals surface area contributed by atoms with Crippen LogP contribution in [0.5, 0.6) is 0 Å². The number of hydrogen-bond acceptors (Lipinski definition) is 3. The molecule has 1 unspecified atom stereocenters. The molecular weight excluding hydrogens is 242 g/mol. The summed E-state index contributed by atoms with van der Waals surface area (Å²) in [6.45, 7) is 6.78. The first kappa shape index (κ1) is 13.8. The predicted molar refractivity (Wildman–Crippen MR) is 80.3 cm³/mol. The van der Waals surface area contributed by atoms with Crippen LogP contribution in [0.1, 0.15) is 25.8 Å². The van der Waals surface area contributed by atoms with Gasteiger partial charge in [-0.25, -0.2) is 0 Å². The van der Waals surface area contributed by atoms with Crippen molar-refractivity contribution in [2.45, 2.75) is 32.7 Å². The maximum Gasteiger partial charge on any atom is 0.0744 e. The van der Waals surface area contributed by atoms with E-state index in [4.69, 9.17) is 0 Å². The molecule has 18 heavy (non-hydrogen) atoms. The largest absolute Gasteiger partial charge is 0.394 e. The van der Waals surface area contributed by atoms with Gasteiger partial charge in [0, 0.05) is 11.4 Å². The van der Waals surface area contributed by atoms with Crippen molar-refractivity contribution in [3.05, 3.63) is 29.8 Å². The maximum atomic E-state index is 9.92. The summed E-state index contributed by atoms with van der Waals surface area (Å²) in [7, 11) is 0. The van der Waals surface area contributed by atoms with Gasteiger partial charge < -0.3 is 10.4 Å². The molecule has 100 valence electrons. The fraction of sp³-hybridized carbons (Fsp3) is 0.600. The van der Waals surface area contributed by atoms with Gasteiger partial charge in [0.2, 0.25) is 0 Å². The fourth-order valence-corrected chi connectivity index (χ4v) is 4.13. The van der Waals surface area contributed by atoms with Crippen LogP contribution in [0.15, 0.2) is 24.3 Å². The summed E-state index contributed by atoms with van der Waals surface area (Å²) in [4.78, 5) is 0. The Bertz CT molecular complexity index is 401. The zero-order valence-electron chi connectivity index (χ0n) is 11.5. The van der Waals surface area contributed by atoms with Gasteiger partial charge in [-0.3, -0.25) is 0 Å². The number of thioether (sulfide) groups is 1. The van der Waals surface area contributed by atoms with Gasteiger partial charge in [-0.05, 0) is 36.6 Å². The second kappa shape index (κ2) is 5.14. The summed E-state index contributed by atoms with van der Waals surface area (Å²) in [6, 6.07) is 8.41. The average molecular weight is 265 g/mol. The van der Waals surface area contributed by atoms with E-state index in [1.807, 2.05) is 11.8 Å². The molecule has 0 aromatic heterocycles. The van der Waals surface area contributed by atoms with Crippen LogP contribution >= 0.6 is 11.8 Å². The Balaban J connectivity index is 2.24. The van der Waals surface area contributed by atoms with E-state index in [9.17, 15) is 5.11 Å². The number of aliphatic hydroxyl groups is 1. The molecule has 0 radical (unpaired) electrons. The minimum Gasteiger partial charge on any atom is -0.394 e. The number of hydrogen-bond donors (Lipinski definition) is 2. The standard InChI is InChI=1S/C15H23NOS/c1-12-4-6-13(7-5-12)16-15(10-17)11-18-9-8-14(15,2)3/h4-7,16-17H,8-11H2,1-3H3. The summed E-state index contributed by atoms with van der Waals surface area (Å²) in [5, 5.41) is 13.5. The first-order valence-electron chi connectivity index (χ1n) is 6.53. The molecule has 0 amide bonds. The zero-order chi connectivity index (χ0) is 13.2. The lowest BCUT2D eigenvalue weighted by Gasteiger charge is -2.50. The Hall–Kier alpha value is -0.670. The van der Waals surface area contributed by atoms with E-state index < -0.39 is 0 Å². The smallest absolute Gasteiger partial charge is 0.0744 e. The van der Waals surface area contributed by atoms with Crippen LogP contribution in [-0.4, -0.2) is 28.8 Å². The molecule has 1 heterocycles. The van der Waals surface area contributed by atoms with Crippen molar-refractivity contribution in [2.75, 3.05) is 23.4 Å². The van der Waals surface area contributed by atoms with Crippen LogP contribution in [-0.2, 0) is 0 Å². The normalized spacial score (nSPS) is 26.9. The van der Waals surface area contributed by atoms with Crippen LogP contribution < -0.4 is 5.32 Å². The van der Waals surface area contributed by atoms with Gasteiger partial charge in [-0.2, -0.15) is 11.8 Å². The molecule has 2 nitrogen and oxygen atoms in total. The summed E-state index contributed by atoms with van der Waals surface area (Å²) < 4.78 is 0. The first-order chi connectivity index (χ1) is 8.49. The van der Waals surface area contributed by atoms with Crippen LogP contribution in [0.3, 0.4) is 0 Å². The molecule has 3 heteroatoms. The predicted octanol–water partition coefficient (Wildman–Crippen LogP) is 3.30. The molecule has 1 aliphatic heterocycles. The van der Waals surface area contributed by atoms with E-state index >= 15 is 0 Å². The van der Waals surface area contributed by atoms with Crippen molar-refractivity contribution >= 4 is 17.4 Å². The van der Waals surface area contributed by atoms with E-state index in [1.54, 1.807) is 0 Å². The van der Waals surface area contributed by atoms with Crippen molar-refractivity contribution in [2.24, 2.45) is 5.41 Å². The van der Waals surface area contributed by atoms with E-state index in [1.165, 1.54) is 11.3 Å². The highest BCUT2D eigenvalue weighted by molar-refractivity contribution is 7.99. The Labute approximate surface area is 114 Å². The molecule has 1 fully saturated rings. The third-order valence-electron chi connectivity index (χ3n) is 4.22. The number of benzene rings is 1. The van der Waals surface area contributed by atoms with Gasteiger partial charge in [-0.15, -0.1) is 0 Å². The van der Waals surface area contributed by atoms with Crippen molar-refractivity contribution in [1.82, 2.24) is 0 Å². The van der Waals surface area contributed by atoms with Crippen molar-refractivity contribution in [3.63, 3.8) is 0 Å². The molecule has 0 aliphatic carbocycles. The highest BCUT2D eigenvalue weighted by atomic mass is 32.2. The van der Waals surface area contributed by atoms with Gasteiger partial charge in [0.1, 0.15) is 0 Å². The lowest BCUT2D eigenvalue weighted by atomic mass is 9.71. The highest BCUT2D eigenvalue weighted by Gasteiger charge is 2.46. The minimum absolute atomic E-state index is 0.109. The molecule has 1 aromatic rings. The molecule has 1 aliphatic rings. The van der Waals surface area contributed by atoms with E-state index in [2.05, 4.69) is 50.4 Å². The maximum absolute atomic E-state index is 9.92. The van der Waals surface area contributed by atoms with Gasteiger partial charge >= 0.3 is 0 Å². The van der Waals surface area contributed by atoms with E-state index in [0.29, 0.717) is 0 Å². The summed E-state index contributed by atoms with van der Waals surface area (Å²) in [5.74, 6) is 2.15. The van der Waals surface area contributed by atoms with Gasteiger partial charge in [0.05, 0.1) is 12.1 Å². The lowest BCUT2D eigenvalue weighted by Crippen LogP contribution is -2.58. The van der Waals surface area contributed by atoms with Crippen LogP contribution in [0.2, 0.25) is 0 Å². The molecule has 2 rings (SSSR count). The van der Waals surface area contributed by atoms with Crippen molar-refractivity contribution < 1.29 is 5.11 Å². The number of anilines is 1. The SMILES string of the molecule is Cc1ccc(NC2(CO)CSCCC2(C)C)cc1. The molecule has 0 saturated carbocycles. The van der Waals surface area contributed by atoms with Crippen LogP contribution in [0.4, 0.5) is 5.69 Å². The second-order valence-corrected chi connectivity index (χ2v) is 7.02. The zero-order valence-corrected chi connectivity index (χ0v) is 12.3. The topological polar surface area (TPSA) is 32.3 Å². The molecule has 0 spiro atoms. The van der Waals surface area contributed by atoms with Crippen molar-refractivity contribution in [3.8, 4) is 0 Å². The highest BCUT2D eigenvalue weighted by Crippen LogP contribution is 2.44. The molecular formula is C15H23NOS. The second-order valence-electron chi connectivity index (χ2n) is 5.92. The van der Waals surface area contributed by atoms with E-state index in [0.717, 1.165) is 17.9 Å². The summed E-state index contributed by atoms with van der Waals surface area (Å²) >= 11 is 1.93. The van der Waals surface area contributed by atoms with Crippen molar-refractivity contribution in [1.29, 1.82) is 0 Å². The molecule has 1 atom stereocenters. The van der Waals surface area contributed by atoms with E-state index in [-0.39, 0.29) is 17.6 Å². The fourth-order valence-electron chi connectivity index (χ4n) is 2.43. The Morgan fingerprint density at radius 3 is 2.50 bits per heavy atom. The minimum atomic E-state index is -0.217. The molecule has 0 bridgehead atoms. The Morgan fingerprint density at radius 2 is 1.94 bits per heavy atom. The van der Waals surface area contributed by atoms with Crippen LogP contribution in [0, 0.1) is 12.3 Å². The van der Waals surface area contributed by atoms with Gasteiger partial charge in [0.15, 0.2) is 0 Å². The van der Waals surface area contributed by atoms with Crippen LogP contribution in [0.25, 0.3) is 0 Å². The number of rotatable bonds is 3. The monoisotopic (exact) mass is 265 g/mol. The first-order valence-corrected chi connectivity index (χ1v) is 7.68. The number of nitrogens with one attached hydrogen (secondary N) is 1. The quantitative estimate of drug-likeness (QED) is 0.879. The average Bonchev–Trinajstić information content (AvgIpc) is 2.34. The summed E-state index contributed by atoms with van der Waals surface area (Å²) in [5.41, 5.74) is 2.25. The number of aliphatic hydroxyl groups excluding tert-OH is 1. The van der Waals surface area contributed by atoms with Gasteiger partial charge in [0.25, 0.3) is 0 Å². The summed E-state index contributed by atoms with van der Waals surface area (Å²) in [6.07, 6.45) is 1.14. The lowest BCUT2D eigenvalue weighted by molar-refractivity contribution is 0.110.